The van der Waals surface area contributed by atoms with Crippen LogP contribution in [0, 0.1) is 6.92 Å². The van der Waals surface area contributed by atoms with Gasteiger partial charge in [-0.25, -0.2) is 13.6 Å². The molecule has 106 valence electrons. The van der Waals surface area contributed by atoms with E-state index in [2.05, 4.69) is 5.32 Å². The maximum absolute atomic E-state index is 11.4. The van der Waals surface area contributed by atoms with Crippen molar-refractivity contribution in [3.63, 3.8) is 0 Å². The lowest BCUT2D eigenvalue weighted by molar-refractivity contribution is 0.469. The number of phenols is 1. The second-order valence-corrected chi connectivity index (χ2v) is 6.04. The van der Waals surface area contributed by atoms with Crippen LogP contribution in [0.1, 0.15) is 11.1 Å². The van der Waals surface area contributed by atoms with Gasteiger partial charge in [0.05, 0.1) is 4.90 Å². The average Bonchev–Trinajstić information content (AvgIpc) is 2.38. The predicted octanol–water partition coefficient (Wildman–Crippen LogP) is 1.96. The molecule has 0 aromatic heterocycles. The Labute approximate surface area is 118 Å². The molecule has 20 heavy (non-hydrogen) atoms. The Balaban J connectivity index is 2.21. The fraction of sp³-hybridized carbons (Fsp3) is 0.143. The molecule has 2 aromatic rings. The first kappa shape index (κ1) is 14.4. The molecule has 0 unspecified atom stereocenters. The van der Waals surface area contributed by atoms with Gasteiger partial charge in [0, 0.05) is 17.8 Å². The van der Waals surface area contributed by atoms with Crippen molar-refractivity contribution in [2.45, 2.75) is 18.4 Å². The van der Waals surface area contributed by atoms with Crippen LogP contribution in [-0.4, -0.2) is 13.5 Å². The summed E-state index contributed by atoms with van der Waals surface area (Å²) in [5, 5.41) is 17.9. The van der Waals surface area contributed by atoms with E-state index in [1.807, 2.05) is 6.07 Å². The Bertz CT molecular complexity index is 727. The third-order valence-corrected chi connectivity index (χ3v) is 4.02. The minimum atomic E-state index is -3.74. The number of para-hydroxylation sites is 1. The molecule has 0 bridgehead atoms. The first-order valence-electron chi connectivity index (χ1n) is 6.02. The number of nitrogens with one attached hydrogen (secondary N) is 1. The fourth-order valence-corrected chi connectivity index (χ4v) is 2.68. The molecular weight excluding hydrogens is 276 g/mol. The molecule has 0 amide bonds. The van der Waals surface area contributed by atoms with E-state index in [4.69, 9.17) is 5.14 Å². The molecule has 6 heteroatoms. The molecule has 0 saturated carbocycles. The van der Waals surface area contributed by atoms with Crippen LogP contribution in [0.3, 0.4) is 0 Å². The molecule has 0 heterocycles. The SMILES string of the molecule is Cc1ccc(NCc2ccccc2O)cc1S(N)(=O)=O. The fourth-order valence-electron chi connectivity index (χ4n) is 1.87. The van der Waals surface area contributed by atoms with E-state index in [1.165, 1.54) is 6.07 Å². The Morgan fingerprint density at radius 2 is 1.90 bits per heavy atom. The molecular formula is C14H16N2O3S. The minimum absolute atomic E-state index is 0.0970. The first-order chi connectivity index (χ1) is 9.38. The van der Waals surface area contributed by atoms with Crippen LogP contribution in [0.15, 0.2) is 47.4 Å². The number of phenolic OH excluding ortho intramolecular Hbond substituents is 1. The summed E-state index contributed by atoms with van der Waals surface area (Å²) in [6.07, 6.45) is 0. The van der Waals surface area contributed by atoms with Crippen LogP contribution in [-0.2, 0) is 16.6 Å². The van der Waals surface area contributed by atoms with E-state index in [0.29, 0.717) is 17.8 Å². The number of hydrogen-bond acceptors (Lipinski definition) is 4. The Kier molecular flexibility index (Phi) is 3.96. The zero-order valence-corrected chi connectivity index (χ0v) is 11.8. The van der Waals surface area contributed by atoms with Crippen LogP contribution >= 0.6 is 0 Å². The average molecular weight is 292 g/mol. The smallest absolute Gasteiger partial charge is 0.238 e. The summed E-state index contributed by atoms with van der Waals surface area (Å²) in [7, 11) is -3.74. The standard InChI is InChI=1S/C14H16N2O3S/c1-10-6-7-12(8-14(10)20(15,18)19)16-9-11-4-2-3-5-13(11)17/h2-8,16-17H,9H2,1H3,(H2,15,18,19). The first-order valence-corrected chi connectivity index (χ1v) is 7.57. The van der Waals surface area contributed by atoms with Crippen molar-refractivity contribution in [2.75, 3.05) is 5.32 Å². The number of aromatic hydroxyl groups is 1. The highest BCUT2D eigenvalue weighted by Gasteiger charge is 2.12. The zero-order chi connectivity index (χ0) is 14.8. The summed E-state index contributed by atoms with van der Waals surface area (Å²) in [6.45, 7) is 2.08. The van der Waals surface area contributed by atoms with Crippen molar-refractivity contribution in [1.82, 2.24) is 0 Å². The molecule has 0 atom stereocenters. The van der Waals surface area contributed by atoms with Gasteiger partial charge in [-0.3, -0.25) is 0 Å². The molecule has 0 radical (unpaired) electrons. The maximum Gasteiger partial charge on any atom is 0.238 e. The van der Waals surface area contributed by atoms with Gasteiger partial charge in [-0.15, -0.1) is 0 Å². The van der Waals surface area contributed by atoms with Crippen LogP contribution in [0.25, 0.3) is 0 Å². The van der Waals surface area contributed by atoms with Gasteiger partial charge < -0.3 is 10.4 Å². The van der Waals surface area contributed by atoms with Crippen molar-refractivity contribution in [2.24, 2.45) is 5.14 Å². The lowest BCUT2D eigenvalue weighted by Crippen LogP contribution is -2.14. The molecule has 4 N–H and O–H groups in total. The number of benzene rings is 2. The quantitative estimate of drug-likeness (QED) is 0.803. The lowest BCUT2D eigenvalue weighted by Gasteiger charge is -2.10. The molecule has 0 aliphatic rings. The highest BCUT2D eigenvalue weighted by Crippen LogP contribution is 2.21. The molecule has 0 fully saturated rings. The van der Waals surface area contributed by atoms with Gasteiger partial charge in [-0.05, 0) is 30.7 Å². The third kappa shape index (κ3) is 3.28. The Morgan fingerprint density at radius 3 is 2.55 bits per heavy atom. The highest BCUT2D eigenvalue weighted by molar-refractivity contribution is 7.89. The van der Waals surface area contributed by atoms with E-state index in [0.717, 1.165) is 5.56 Å². The van der Waals surface area contributed by atoms with Crippen molar-refractivity contribution >= 4 is 15.7 Å². The van der Waals surface area contributed by atoms with Crippen molar-refractivity contribution in [3.05, 3.63) is 53.6 Å². The second-order valence-electron chi connectivity index (χ2n) is 4.51. The minimum Gasteiger partial charge on any atom is -0.508 e. The van der Waals surface area contributed by atoms with E-state index in [9.17, 15) is 13.5 Å². The van der Waals surface area contributed by atoms with E-state index in [-0.39, 0.29) is 10.6 Å². The topological polar surface area (TPSA) is 92.4 Å². The highest BCUT2D eigenvalue weighted by atomic mass is 32.2. The normalized spacial score (nSPS) is 11.3. The van der Waals surface area contributed by atoms with Gasteiger partial charge in [0.25, 0.3) is 0 Å². The predicted molar refractivity (Wildman–Crippen MR) is 78.0 cm³/mol. The van der Waals surface area contributed by atoms with E-state index in [1.54, 1.807) is 37.3 Å². The van der Waals surface area contributed by atoms with Crippen molar-refractivity contribution < 1.29 is 13.5 Å². The molecule has 2 rings (SSSR count). The van der Waals surface area contributed by atoms with Crippen molar-refractivity contribution in [3.8, 4) is 5.75 Å². The van der Waals surface area contributed by atoms with Gasteiger partial charge in [0.2, 0.25) is 10.0 Å². The Hall–Kier alpha value is -2.05. The number of sulfonamides is 1. The summed E-state index contributed by atoms with van der Waals surface area (Å²) in [5.74, 6) is 0.193. The summed E-state index contributed by atoms with van der Waals surface area (Å²) in [5.41, 5.74) is 1.95. The molecule has 0 saturated heterocycles. The summed E-state index contributed by atoms with van der Waals surface area (Å²) in [4.78, 5) is 0.0970. The molecule has 2 aromatic carbocycles. The van der Waals surface area contributed by atoms with Gasteiger partial charge in [0.1, 0.15) is 5.75 Å². The second kappa shape index (κ2) is 5.52. The van der Waals surface area contributed by atoms with Gasteiger partial charge in [-0.1, -0.05) is 24.3 Å². The monoisotopic (exact) mass is 292 g/mol. The van der Waals surface area contributed by atoms with Gasteiger partial charge >= 0.3 is 0 Å². The van der Waals surface area contributed by atoms with Crippen LogP contribution in [0.4, 0.5) is 5.69 Å². The molecule has 0 aliphatic carbocycles. The van der Waals surface area contributed by atoms with Gasteiger partial charge in [0.15, 0.2) is 0 Å². The maximum atomic E-state index is 11.4. The lowest BCUT2D eigenvalue weighted by atomic mass is 10.2. The summed E-state index contributed by atoms with van der Waals surface area (Å²) >= 11 is 0. The van der Waals surface area contributed by atoms with E-state index < -0.39 is 10.0 Å². The largest absolute Gasteiger partial charge is 0.508 e. The summed E-state index contributed by atoms with van der Waals surface area (Å²) < 4.78 is 22.9. The number of rotatable bonds is 4. The third-order valence-electron chi connectivity index (χ3n) is 2.97. The van der Waals surface area contributed by atoms with Crippen LogP contribution in [0.2, 0.25) is 0 Å². The van der Waals surface area contributed by atoms with Crippen molar-refractivity contribution in [1.29, 1.82) is 0 Å². The number of nitrogens with two attached hydrogens (primary N) is 1. The molecule has 5 nitrogen and oxygen atoms in total. The number of primary sulfonamides is 1. The van der Waals surface area contributed by atoms with Crippen LogP contribution < -0.4 is 10.5 Å². The Morgan fingerprint density at radius 1 is 1.20 bits per heavy atom. The number of aryl methyl sites for hydroxylation is 1. The zero-order valence-electron chi connectivity index (χ0n) is 11.0. The number of anilines is 1. The van der Waals surface area contributed by atoms with E-state index >= 15 is 0 Å². The van der Waals surface area contributed by atoms with Crippen LogP contribution in [0.5, 0.6) is 5.75 Å². The van der Waals surface area contributed by atoms with Gasteiger partial charge in [-0.2, -0.15) is 0 Å². The molecule has 0 aliphatic heterocycles. The molecule has 0 spiro atoms. The summed E-state index contributed by atoms with van der Waals surface area (Å²) in [6, 6.07) is 11.9. The number of hydrogen-bond donors (Lipinski definition) is 3.